The lowest BCUT2D eigenvalue weighted by atomic mass is 10.1. The summed E-state index contributed by atoms with van der Waals surface area (Å²) >= 11 is 6.02. The minimum Gasteiger partial charge on any atom is -0.381 e. The monoisotopic (exact) mass is 381 g/mol. The first-order valence-corrected chi connectivity index (χ1v) is 8.89. The SMILES string of the molecule is C\C=C(C(=O)Nc1ccc(Cl)cc1NC1CC1)/C(=N/C=C/CC)C(F)F. The number of allylic oxidation sites excluding steroid dienone is 2. The number of amides is 1. The highest BCUT2D eigenvalue weighted by Gasteiger charge is 2.25. The van der Waals surface area contributed by atoms with Crippen LogP contribution < -0.4 is 10.6 Å². The van der Waals surface area contributed by atoms with Crippen molar-refractivity contribution in [3.63, 3.8) is 0 Å². The summed E-state index contributed by atoms with van der Waals surface area (Å²) in [7, 11) is 0. The number of hydrogen-bond donors (Lipinski definition) is 2. The van der Waals surface area contributed by atoms with Gasteiger partial charge in [0.05, 0.1) is 16.9 Å². The Labute approximate surface area is 157 Å². The maximum Gasteiger partial charge on any atom is 0.281 e. The van der Waals surface area contributed by atoms with E-state index >= 15 is 0 Å². The summed E-state index contributed by atoms with van der Waals surface area (Å²) in [5.41, 5.74) is 0.446. The summed E-state index contributed by atoms with van der Waals surface area (Å²) in [6.07, 6.45) is 4.17. The molecular weight excluding hydrogens is 360 g/mol. The minimum absolute atomic E-state index is 0.159. The lowest BCUT2D eigenvalue weighted by Gasteiger charge is -2.15. The van der Waals surface area contributed by atoms with Crippen molar-refractivity contribution in [1.29, 1.82) is 0 Å². The third kappa shape index (κ3) is 5.66. The summed E-state index contributed by atoms with van der Waals surface area (Å²) in [6, 6.07) is 5.34. The van der Waals surface area contributed by atoms with E-state index in [1.54, 1.807) is 24.3 Å². The number of nitrogens with zero attached hydrogens (tertiary/aromatic N) is 1. The molecule has 0 aromatic heterocycles. The third-order valence-electron chi connectivity index (χ3n) is 3.74. The molecule has 4 nitrogen and oxygen atoms in total. The molecule has 2 rings (SSSR count). The fourth-order valence-corrected chi connectivity index (χ4v) is 2.43. The second-order valence-electron chi connectivity index (χ2n) is 5.87. The largest absolute Gasteiger partial charge is 0.381 e. The van der Waals surface area contributed by atoms with Crippen LogP contribution in [-0.2, 0) is 4.79 Å². The average Bonchev–Trinajstić information content (AvgIpc) is 3.40. The molecule has 26 heavy (non-hydrogen) atoms. The van der Waals surface area contributed by atoms with Crippen LogP contribution in [0.5, 0.6) is 0 Å². The van der Waals surface area contributed by atoms with Gasteiger partial charge in [-0.25, -0.2) is 8.78 Å². The van der Waals surface area contributed by atoms with E-state index in [0.29, 0.717) is 28.9 Å². The molecular formula is C19H22ClF2N3O. The van der Waals surface area contributed by atoms with Crippen LogP contribution in [-0.4, -0.2) is 24.1 Å². The van der Waals surface area contributed by atoms with Gasteiger partial charge in [-0.1, -0.05) is 30.7 Å². The Hall–Kier alpha value is -2.21. The van der Waals surface area contributed by atoms with Gasteiger partial charge in [-0.15, -0.1) is 0 Å². The zero-order valence-corrected chi connectivity index (χ0v) is 15.5. The van der Waals surface area contributed by atoms with E-state index in [4.69, 9.17) is 11.6 Å². The molecule has 7 heteroatoms. The first-order chi connectivity index (χ1) is 12.5. The van der Waals surface area contributed by atoms with E-state index in [0.717, 1.165) is 12.8 Å². The predicted octanol–water partition coefficient (Wildman–Crippen LogP) is 5.43. The molecule has 0 saturated heterocycles. The van der Waals surface area contributed by atoms with Gasteiger partial charge >= 0.3 is 0 Å². The van der Waals surface area contributed by atoms with Crippen LogP contribution in [0, 0.1) is 0 Å². The molecule has 1 aromatic carbocycles. The third-order valence-corrected chi connectivity index (χ3v) is 3.97. The Balaban J connectivity index is 2.23. The van der Waals surface area contributed by atoms with E-state index in [1.807, 2.05) is 6.92 Å². The van der Waals surface area contributed by atoms with E-state index < -0.39 is 18.0 Å². The maximum absolute atomic E-state index is 13.4. The van der Waals surface area contributed by atoms with Crippen molar-refractivity contribution in [3.8, 4) is 0 Å². The topological polar surface area (TPSA) is 53.5 Å². The number of anilines is 2. The number of nitrogens with one attached hydrogen (secondary N) is 2. The highest BCUT2D eigenvalue weighted by Crippen LogP contribution is 2.32. The van der Waals surface area contributed by atoms with Gasteiger partial charge in [-0.2, -0.15) is 0 Å². The highest BCUT2D eigenvalue weighted by atomic mass is 35.5. The molecule has 1 aliphatic carbocycles. The molecule has 1 aliphatic rings. The molecule has 0 spiro atoms. The second kappa shape index (κ2) is 9.48. The van der Waals surface area contributed by atoms with Crippen LogP contribution in [0.15, 0.2) is 47.1 Å². The van der Waals surface area contributed by atoms with Gasteiger partial charge in [0.2, 0.25) is 0 Å². The summed E-state index contributed by atoms with van der Waals surface area (Å²) in [4.78, 5) is 16.3. The predicted molar refractivity (Wildman–Crippen MR) is 103 cm³/mol. The van der Waals surface area contributed by atoms with Gasteiger partial charge in [0.15, 0.2) is 0 Å². The summed E-state index contributed by atoms with van der Waals surface area (Å²) in [5.74, 6) is -0.641. The molecule has 0 bridgehead atoms. The number of carbonyl (C=O) groups is 1. The van der Waals surface area contributed by atoms with Gasteiger partial charge in [-0.3, -0.25) is 9.79 Å². The van der Waals surface area contributed by atoms with Gasteiger partial charge in [0.25, 0.3) is 12.3 Å². The minimum atomic E-state index is -2.86. The molecule has 0 atom stereocenters. The molecule has 2 N–H and O–H groups in total. The van der Waals surface area contributed by atoms with Crippen LogP contribution >= 0.6 is 11.6 Å². The molecule has 0 unspecified atom stereocenters. The fraction of sp³-hybridized carbons (Fsp3) is 0.368. The lowest BCUT2D eigenvalue weighted by Crippen LogP contribution is -2.25. The molecule has 140 valence electrons. The molecule has 1 saturated carbocycles. The van der Waals surface area contributed by atoms with E-state index in [-0.39, 0.29) is 5.57 Å². The molecule has 1 amide bonds. The van der Waals surface area contributed by atoms with Gasteiger partial charge in [-0.05, 0) is 44.4 Å². The van der Waals surface area contributed by atoms with Gasteiger partial charge in [0, 0.05) is 17.3 Å². The van der Waals surface area contributed by atoms with Crippen LogP contribution in [0.3, 0.4) is 0 Å². The van der Waals surface area contributed by atoms with Crippen molar-refractivity contribution in [2.45, 2.75) is 45.6 Å². The molecule has 1 fully saturated rings. The lowest BCUT2D eigenvalue weighted by molar-refractivity contribution is -0.112. The van der Waals surface area contributed by atoms with Crippen molar-refractivity contribution >= 4 is 34.6 Å². The zero-order chi connectivity index (χ0) is 19.1. The Bertz CT molecular complexity index is 740. The molecule has 0 heterocycles. The number of halogens is 3. The summed E-state index contributed by atoms with van der Waals surface area (Å²) < 4.78 is 26.7. The van der Waals surface area contributed by atoms with Gasteiger partial charge < -0.3 is 10.6 Å². The highest BCUT2D eigenvalue weighted by molar-refractivity contribution is 6.31. The van der Waals surface area contributed by atoms with Crippen LogP contribution in [0.2, 0.25) is 5.02 Å². The molecule has 0 aliphatic heterocycles. The summed E-state index contributed by atoms with van der Waals surface area (Å²) in [6.45, 7) is 3.40. The van der Waals surface area contributed by atoms with E-state index in [1.165, 1.54) is 19.2 Å². The van der Waals surface area contributed by atoms with E-state index in [2.05, 4.69) is 15.6 Å². The van der Waals surface area contributed by atoms with E-state index in [9.17, 15) is 13.6 Å². The number of rotatable bonds is 8. The smallest absolute Gasteiger partial charge is 0.281 e. The normalized spacial score (nSPS) is 15.6. The number of hydrogen-bond acceptors (Lipinski definition) is 3. The fourth-order valence-electron chi connectivity index (χ4n) is 2.26. The number of alkyl halides is 2. The van der Waals surface area contributed by atoms with Crippen molar-refractivity contribution in [3.05, 3.63) is 47.1 Å². The molecule has 0 radical (unpaired) electrons. The number of aliphatic imine (C=N–C) groups is 1. The van der Waals surface area contributed by atoms with Crippen molar-refractivity contribution in [2.75, 3.05) is 10.6 Å². The maximum atomic E-state index is 13.4. The number of benzene rings is 1. The summed E-state index contributed by atoms with van der Waals surface area (Å²) in [5, 5.41) is 6.48. The van der Waals surface area contributed by atoms with Crippen molar-refractivity contribution in [2.24, 2.45) is 4.99 Å². The number of carbonyl (C=O) groups excluding carboxylic acids is 1. The standard InChI is InChI=1S/C19H22ClF2N3O/c1-3-5-10-23-17(18(21)22)14(4-2)19(26)25-15-9-6-12(20)11-16(15)24-13-7-8-13/h4-6,9-11,13,18,24H,3,7-8H2,1-2H3,(H,25,26)/b10-5+,14-4+,23-17-. The molecule has 1 aromatic rings. The Morgan fingerprint density at radius 3 is 2.69 bits per heavy atom. The van der Waals surface area contributed by atoms with Crippen LogP contribution in [0.25, 0.3) is 0 Å². The van der Waals surface area contributed by atoms with Crippen LogP contribution in [0.4, 0.5) is 20.2 Å². The Morgan fingerprint density at radius 1 is 1.38 bits per heavy atom. The van der Waals surface area contributed by atoms with Crippen molar-refractivity contribution < 1.29 is 13.6 Å². The first kappa shape index (κ1) is 20.1. The average molecular weight is 382 g/mol. The Morgan fingerprint density at radius 2 is 2.12 bits per heavy atom. The second-order valence-corrected chi connectivity index (χ2v) is 6.31. The first-order valence-electron chi connectivity index (χ1n) is 8.51. The Kier molecular flexibility index (Phi) is 7.33. The quantitative estimate of drug-likeness (QED) is 0.466. The van der Waals surface area contributed by atoms with Gasteiger partial charge in [0.1, 0.15) is 5.71 Å². The zero-order valence-electron chi connectivity index (χ0n) is 14.7. The van der Waals surface area contributed by atoms with Crippen molar-refractivity contribution in [1.82, 2.24) is 0 Å². The van der Waals surface area contributed by atoms with Crippen LogP contribution in [0.1, 0.15) is 33.1 Å².